The number of rotatable bonds is 17. The molecule has 1 aliphatic rings. The largest absolute Gasteiger partial charge is 0.493 e. The summed E-state index contributed by atoms with van der Waals surface area (Å²) in [7, 11) is 5.93. The Kier molecular flexibility index (Phi) is 13.5. The van der Waals surface area contributed by atoms with Crippen LogP contribution in [-0.4, -0.2) is 50.9 Å². The van der Waals surface area contributed by atoms with Gasteiger partial charge in [0.25, 0.3) is 0 Å². The molecule has 1 aliphatic heterocycles. The third kappa shape index (κ3) is 9.49. The Morgan fingerprint density at radius 1 is 0.551 bits per heavy atom. The number of ether oxygens (including phenoxy) is 7. The number of carbonyl (C=O) groups is 3. The van der Waals surface area contributed by atoms with Gasteiger partial charge in [0.1, 0.15) is 11.1 Å². The summed E-state index contributed by atoms with van der Waals surface area (Å²) in [5.41, 5.74) is 5.72. The topological polar surface area (TPSA) is 151 Å². The van der Waals surface area contributed by atoms with Crippen LogP contribution in [-0.2, 0) is 46.6 Å². The minimum atomic E-state index is -0.649. The van der Waals surface area contributed by atoms with Crippen LogP contribution < -0.4 is 38.8 Å². The van der Waals surface area contributed by atoms with E-state index < -0.39 is 23.5 Å². The van der Waals surface area contributed by atoms with Gasteiger partial charge in [0.2, 0.25) is 5.75 Å². The summed E-state index contributed by atoms with van der Waals surface area (Å²) in [6.07, 6.45) is 2.10. The van der Waals surface area contributed by atoms with Gasteiger partial charge in [-0.15, -0.1) is 0 Å². The van der Waals surface area contributed by atoms with E-state index in [-0.39, 0.29) is 71.4 Å². The van der Waals surface area contributed by atoms with Gasteiger partial charge in [0, 0.05) is 59.3 Å². The summed E-state index contributed by atoms with van der Waals surface area (Å²) in [5, 5.41) is 0.975. The highest BCUT2D eigenvalue weighted by atomic mass is 16.6. The van der Waals surface area contributed by atoms with Crippen LogP contribution >= 0.6 is 0 Å². The van der Waals surface area contributed by atoms with Gasteiger partial charge >= 0.3 is 23.5 Å². The zero-order valence-electron chi connectivity index (χ0n) is 38.6. The number of aryl methyl sites for hydroxylation is 4. The number of nitrogens with zero attached hydrogens (tertiary/aromatic N) is 1. The molecular formula is C56H49NO12. The SMILES string of the molecule is COc1cc(-c2c3n(c4c(=O)oc5cc(OC(=O)CCc6ccccc6)c(OC)cc5c24)CCc2c-3cc(OC)c(OC)c2OC(=O)CCc2ccccc2)ccc1OC(=O)CCc1ccccc1. The van der Waals surface area contributed by atoms with E-state index in [9.17, 15) is 19.2 Å². The molecule has 0 saturated heterocycles. The van der Waals surface area contributed by atoms with E-state index in [1.165, 1.54) is 34.5 Å². The van der Waals surface area contributed by atoms with Crippen LogP contribution in [0.15, 0.2) is 137 Å². The van der Waals surface area contributed by atoms with Crippen LogP contribution in [0, 0.1) is 0 Å². The Labute approximate surface area is 397 Å². The maximum absolute atomic E-state index is 14.5. The molecule has 0 spiro atoms. The lowest BCUT2D eigenvalue weighted by Crippen LogP contribution is -2.18. The molecule has 0 unspecified atom stereocenters. The van der Waals surface area contributed by atoms with Gasteiger partial charge in [-0.2, -0.15) is 0 Å². The van der Waals surface area contributed by atoms with Crippen molar-refractivity contribution >= 4 is 39.8 Å². The average Bonchev–Trinajstić information content (AvgIpc) is 3.74. The fourth-order valence-electron chi connectivity index (χ4n) is 8.97. The minimum absolute atomic E-state index is 0.0806. The summed E-state index contributed by atoms with van der Waals surface area (Å²) in [4.78, 5) is 54.7. The third-order valence-electron chi connectivity index (χ3n) is 12.3. The number of hydrogen-bond donors (Lipinski definition) is 0. The number of esters is 3. The molecule has 6 aromatic carbocycles. The van der Waals surface area contributed by atoms with Crippen LogP contribution in [0.1, 0.15) is 41.5 Å². The maximum Gasteiger partial charge on any atom is 0.361 e. The van der Waals surface area contributed by atoms with Crippen molar-refractivity contribution < 1.29 is 52.0 Å². The third-order valence-corrected chi connectivity index (χ3v) is 12.3. The summed E-state index contributed by atoms with van der Waals surface area (Å²) in [6.45, 7) is 0.266. The molecule has 0 saturated carbocycles. The Hall–Kier alpha value is -8.32. The van der Waals surface area contributed by atoms with Gasteiger partial charge in [-0.3, -0.25) is 14.4 Å². The van der Waals surface area contributed by atoms with Gasteiger partial charge in [-0.05, 0) is 72.2 Å². The number of aromatic nitrogens is 1. The van der Waals surface area contributed by atoms with E-state index in [2.05, 4.69) is 0 Å². The zero-order valence-corrected chi connectivity index (χ0v) is 38.6. The Morgan fingerprint density at radius 2 is 1.09 bits per heavy atom. The normalized spacial score (nSPS) is 11.7. The second kappa shape index (κ2) is 20.3. The van der Waals surface area contributed by atoms with Gasteiger partial charge in [-0.25, -0.2) is 4.79 Å². The number of carbonyl (C=O) groups excluding carboxylic acids is 3. The standard InChI is InChI=1S/C56H49NO12/c1-62-43-30-37(23-24-41(43)66-47(58)25-20-34-14-8-5-9-15-34)50-51-40-32-44(63-2)45(67-48(59)26-21-35-16-10-6-11-17-35)33-42(40)68-56(61)53(51)57-29-28-38-39(52(50)57)31-46(64-3)55(65-4)54(38)69-49(60)27-22-36-18-12-7-13-19-36/h5-19,23-24,30-33H,20-22,25-29H2,1-4H3. The first kappa shape index (κ1) is 45.8. The first-order chi connectivity index (χ1) is 33.7. The highest BCUT2D eigenvalue weighted by molar-refractivity contribution is 6.17. The van der Waals surface area contributed by atoms with Gasteiger partial charge < -0.3 is 42.1 Å². The summed E-state index contributed by atoms with van der Waals surface area (Å²) in [5.74, 6) is 0.126. The fourth-order valence-corrected chi connectivity index (χ4v) is 8.97. The summed E-state index contributed by atoms with van der Waals surface area (Å²) < 4.78 is 49.4. The molecule has 2 aromatic heterocycles. The molecule has 0 amide bonds. The molecule has 0 bridgehead atoms. The molecule has 69 heavy (non-hydrogen) atoms. The van der Waals surface area contributed by atoms with Crippen molar-refractivity contribution in [2.24, 2.45) is 0 Å². The van der Waals surface area contributed by atoms with E-state index in [0.717, 1.165) is 16.7 Å². The smallest absolute Gasteiger partial charge is 0.361 e. The summed E-state index contributed by atoms with van der Waals surface area (Å²) >= 11 is 0. The summed E-state index contributed by atoms with van der Waals surface area (Å²) in [6, 6.07) is 39.1. The van der Waals surface area contributed by atoms with Crippen molar-refractivity contribution in [2.75, 3.05) is 28.4 Å². The lowest BCUT2D eigenvalue weighted by atomic mass is 9.91. The maximum atomic E-state index is 14.5. The first-order valence-corrected chi connectivity index (χ1v) is 22.6. The highest BCUT2D eigenvalue weighted by Gasteiger charge is 2.34. The van der Waals surface area contributed by atoms with Gasteiger partial charge in [0.05, 0.1) is 34.1 Å². The molecule has 0 aliphatic carbocycles. The number of fused-ring (bicyclic) bond motifs is 7. The molecule has 0 radical (unpaired) electrons. The van der Waals surface area contributed by atoms with E-state index in [0.29, 0.717) is 70.2 Å². The molecule has 0 fully saturated rings. The molecule has 9 rings (SSSR count). The fraction of sp³-hybridized carbons (Fsp3) is 0.214. The molecule has 350 valence electrons. The highest BCUT2D eigenvalue weighted by Crippen LogP contribution is 2.53. The predicted molar refractivity (Wildman–Crippen MR) is 260 cm³/mol. The van der Waals surface area contributed by atoms with E-state index in [1.807, 2.05) is 95.6 Å². The number of hydrogen-bond acceptors (Lipinski definition) is 12. The van der Waals surface area contributed by atoms with Crippen LogP contribution in [0.5, 0.6) is 40.2 Å². The van der Waals surface area contributed by atoms with Crippen LogP contribution in [0.3, 0.4) is 0 Å². The monoisotopic (exact) mass is 927 g/mol. The molecule has 0 N–H and O–H groups in total. The second-order valence-electron chi connectivity index (χ2n) is 16.4. The van der Waals surface area contributed by atoms with Crippen molar-refractivity contribution in [1.82, 2.24) is 4.57 Å². The minimum Gasteiger partial charge on any atom is -0.493 e. The first-order valence-electron chi connectivity index (χ1n) is 22.6. The molecule has 0 atom stereocenters. The van der Waals surface area contributed by atoms with E-state index in [1.54, 1.807) is 30.3 Å². The van der Waals surface area contributed by atoms with Crippen molar-refractivity contribution in [3.8, 4) is 62.6 Å². The second-order valence-corrected chi connectivity index (χ2v) is 16.4. The molecular weight excluding hydrogens is 879 g/mol. The van der Waals surface area contributed by atoms with E-state index >= 15 is 0 Å². The number of methoxy groups -OCH3 is 4. The van der Waals surface area contributed by atoms with Crippen LogP contribution in [0.25, 0.3) is 44.3 Å². The zero-order chi connectivity index (χ0) is 48.0. The van der Waals surface area contributed by atoms with Crippen molar-refractivity contribution in [3.05, 3.63) is 160 Å². The lowest BCUT2D eigenvalue weighted by Gasteiger charge is -2.26. The number of benzene rings is 6. The molecule has 13 nitrogen and oxygen atoms in total. The molecule has 3 heterocycles. The Bertz CT molecular complexity index is 3270. The van der Waals surface area contributed by atoms with Gasteiger partial charge in [0.15, 0.2) is 34.5 Å². The predicted octanol–water partition coefficient (Wildman–Crippen LogP) is 10.3. The lowest BCUT2D eigenvalue weighted by molar-refractivity contribution is -0.135. The molecule has 8 aromatic rings. The van der Waals surface area contributed by atoms with Crippen LogP contribution in [0.4, 0.5) is 0 Å². The van der Waals surface area contributed by atoms with Crippen molar-refractivity contribution in [2.45, 2.75) is 51.5 Å². The van der Waals surface area contributed by atoms with Crippen molar-refractivity contribution in [1.29, 1.82) is 0 Å². The molecule has 13 heteroatoms. The van der Waals surface area contributed by atoms with Crippen molar-refractivity contribution in [3.63, 3.8) is 0 Å². The quantitative estimate of drug-likeness (QED) is 0.0486. The van der Waals surface area contributed by atoms with Gasteiger partial charge in [-0.1, -0.05) is 97.1 Å². The van der Waals surface area contributed by atoms with E-state index in [4.69, 9.17) is 37.6 Å². The Balaban J connectivity index is 1.20. The van der Waals surface area contributed by atoms with Crippen LogP contribution in [0.2, 0.25) is 0 Å². The average molecular weight is 928 g/mol. The Morgan fingerprint density at radius 3 is 1.64 bits per heavy atom.